The molecule has 25 heavy (non-hydrogen) atoms. The van der Waals surface area contributed by atoms with Gasteiger partial charge in [-0.3, -0.25) is 0 Å². The van der Waals surface area contributed by atoms with Gasteiger partial charge in [-0.05, 0) is 31.0 Å². The number of aryl methyl sites for hydroxylation is 1. The van der Waals surface area contributed by atoms with E-state index in [0.29, 0.717) is 24.9 Å². The molecule has 1 saturated heterocycles. The molecule has 1 fully saturated rings. The smallest absolute Gasteiger partial charge is 0.247 e. The van der Waals surface area contributed by atoms with Crippen LogP contribution in [-0.2, 0) is 10.0 Å². The van der Waals surface area contributed by atoms with Gasteiger partial charge < -0.3 is 8.98 Å². The summed E-state index contributed by atoms with van der Waals surface area (Å²) in [5, 5.41) is 7.94. The van der Waals surface area contributed by atoms with Crippen molar-refractivity contribution < 1.29 is 12.8 Å². The first-order valence-corrected chi connectivity index (χ1v) is 9.99. The number of nitrogens with zero attached hydrogens (tertiary/aromatic N) is 5. The molecule has 3 heterocycles. The number of hydrogen-bond acceptors (Lipinski definition) is 6. The van der Waals surface area contributed by atoms with Crippen molar-refractivity contribution in [1.29, 1.82) is 0 Å². The normalized spacial score (nSPS) is 17.4. The maximum atomic E-state index is 11.7. The van der Waals surface area contributed by atoms with Gasteiger partial charge in [0.15, 0.2) is 0 Å². The number of sulfonamides is 1. The minimum Gasteiger partial charge on any atom is -0.421 e. The summed E-state index contributed by atoms with van der Waals surface area (Å²) in [5.41, 5.74) is 2.74. The summed E-state index contributed by atoms with van der Waals surface area (Å²) in [6.45, 7) is 2.83. The van der Waals surface area contributed by atoms with E-state index in [1.807, 2.05) is 24.5 Å². The molecule has 2 aromatic heterocycles. The first kappa shape index (κ1) is 16.2. The third-order valence-electron chi connectivity index (χ3n) is 4.63. The number of fused-ring (bicyclic) bond motifs is 1. The van der Waals surface area contributed by atoms with E-state index in [4.69, 9.17) is 4.42 Å². The Labute approximate surface area is 145 Å². The van der Waals surface area contributed by atoms with E-state index < -0.39 is 10.0 Å². The van der Waals surface area contributed by atoms with Gasteiger partial charge >= 0.3 is 0 Å². The van der Waals surface area contributed by atoms with Gasteiger partial charge in [-0.1, -0.05) is 0 Å². The maximum absolute atomic E-state index is 11.7. The summed E-state index contributed by atoms with van der Waals surface area (Å²) < 4.78 is 32.5. The molecular formula is C16H19N5O3S. The Morgan fingerprint density at radius 2 is 1.96 bits per heavy atom. The highest BCUT2D eigenvalue weighted by atomic mass is 32.2. The average Bonchev–Trinajstić information content (AvgIpc) is 3.19. The predicted octanol–water partition coefficient (Wildman–Crippen LogP) is 1.99. The van der Waals surface area contributed by atoms with E-state index in [-0.39, 0.29) is 6.04 Å². The summed E-state index contributed by atoms with van der Waals surface area (Å²) in [7, 11) is -3.12. The van der Waals surface area contributed by atoms with Crippen LogP contribution in [0.15, 0.2) is 28.9 Å². The largest absolute Gasteiger partial charge is 0.421 e. The highest BCUT2D eigenvalue weighted by Crippen LogP contribution is 2.29. The Morgan fingerprint density at radius 3 is 2.60 bits per heavy atom. The first-order valence-electron chi connectivity index (χ1n) is 8.14. The van der Waals surface area contributed by atoms with Crippen LogP contribution in [0, 0.1) is 6.92 Å². The Kier molecular flexibility index (Phi) is 3.84. The molecule has 3 aromatic rings. The molecule has 1 aliphatic rings. The zero-order valence-electron chi connectivity index (χ0n) is 14.1. The van der Waals surface area contributed by atoms with E-state index in [1.165, 1.54) is 10.6 Å². The standard InChI is InChI=1S/C16H19N5O3S/c1-11-18-19-16(24-11)12-3-4-14-15(9-12)21(10-17-14)13-5-7-20(8-6-13)25(2,22)23/h3-4,9-10,13H,5-8H2,1-2H3. The Hall–Kier alpha value is -2.26. The van der Waals surface area contributed by atoms with Crippen molar-refractivity contribution >= 4 is 21.1 Å². The van der Waals surface area contributed by atoms with Crippen molar-refractivity contribution in [1.82, 2.24) is 24.1 Å². The molecule has 0 radical (unpaired) electrons. The molecule has 0 unspecified atom stereocenters. The van der Waals surface area contributed by atoms with Gasteiger partial charge in [-0.25, -0.2) is 17.7 Å². The van der Waals surface area contributed by atoms with Crippen LogP contribution >= 0.6 is 0 Å². The van der Waals surface area contributed by atoms with E-state index in [0.717, 1.165) is 29.4 Å². The van der Waals surface area contributed by atoms with Gasteiger partial charge in [0.05, 0.1) is 23.6 Å². The van der Waals surface area contributed by atoms with E-state index in [9.17, 15) is 8.42 Å². The van der Waals surface area contributed by atoms with Crippen LogP contribution in [0.2, 0.25) is 0 Å². The van der Waals surface area contributed by atoms with Gasteiger partial charge in [-0.2, -0.15) is 0 Å². The summed E-state index contributed by atoms with van der Waals surface area (Å²) in [6, 6.07) is 6.08. The van der Waals surface area contributed by atoms with Crippen LogP contribution in [-0.4, -0.2) is 51.8 Å². The zero-order valence-corrected chi connectivity index (χ0v) is 14.9. The van der Waals surface area contributed by atoms with Crippen LogP contribution < -0.4 is 0 Å². The van der Waals surface area contributed by atoms with Crippen LogP contribution in [0.1, 0.15) is 24.8 Å². The second kappa shape index (κ2) is 5.92. The van der Waals surface area contributed by atoms with E-state index in [1.54, 1.807) is 6.92 Å². The van der Waals surface area contributed by atoms with Crippen molar-refractivity contribution in [2.24, 2.45) is 0 Å². The van der Waals surface area contributed by atoms with Crippen molar-refractivity contribution in [2.75, 3.05) is 19.3 Å². The minimum atomic E-state index is -3.12. The fourth-order valence-corrected chi connectivity index (χ4v) is 4.19. The summed E-state index contributed by atoms with van der Waals surface area (Å²) in [5.74, 6) is 1.01. The topological polar surface area (TPSA) is 94.1 Å². The third kappa shape index (κ3) is 3.05. The van der Waals surface area contributed by atoms with Crippen LogP contribution in [0.5, 0.6) is 0 Å². The van der Waals surface area contributed by atoms with Crippen LogP contribution in [0.3, 0.4) is 0 Å². The van der Waals surface area contributed by atoms with Crippen molar-refractivity contribution in [2.45, 2.75) is 25.8 Å². The predicted molar refractivity (Wildman–Crippen MR) is 92.4 cm³/mol. The monoisotopic (exact) mass is 361 g/mol. The Balaban J connectivity index is 1.64. The molecule has 4 rings (SSSR count). The molecule has 1 aromatic carbocycles. The SMILES string of the molecule is Cc1nnc(-c2ccc3ncn(C4CCN(S(C)(=O)=O)CC4)c3c2)o1. The number of imidazole rings is 1. The van der Waals surface area contributed by atoms with Crippen molar-refractivity contribution in [3.63, 3.8) is 0 Å². The lowest BCUT2D eigenvalue weighted by Gasteiger charge is -2.31. The second-order valence-corrected chi connectivity index (χ2v) is 8.36. The molecule has 132 valence electrons. The number of benzene rings is 1. The summed E-state index contributed by atoms with van der Waals surface area (Å²) >= 11 is 0. The van der Waals surface area contributed by atoms with Crippen LogP contribution in [0.25, 0.3) is 22.5 Å². The molecule has 9 heteroatoms. The second-order valence-electron chi connectivity index (χ2n) is 6.37. The summed E-state index contributed by atoms with van der Waals surface area (Å²) in [6.07, 6.45) is 4.62. The number of rotatable bonds is 3. The maximum Gasteiger partial charge on any atom is 0.247 e. The fourth-order valence-electron chi connectivity index (χ4n) is 3.32. The van der Waals surface area contributed by atoms with E-state index >= 15 is 0 Å². The van der Waals surface area contributed by atoms with Crippen molar-refractivity contribution in [3.05, 3.63) is 30.4 Å². The quantitative estimate of drug-likeness (QED) is 0.708. The minimum absolute atomic E-state index is 0.225. The Morgan fingerprint density at radius 1 is 1.20 bits per heavy atom. The number of hydrogen-bond donors (Lipinski definition) is 0. The molecule has 0 bridgehead atoms. The molecule has 0 saturated carbocycles. The molecular weight excluding hydrogens is 342 g/mol. The lowest BCUT2D eigenvalue weighted by molar-refractivity contribution is 0.278. The van der Waals surface area contributed by atoms with Gasteiger partial charge in [-0.15, -0.1) is 10.2 Å². The highest BCUT2D eigenvalue weighted by Gasteiger charge is 2.26. The van der Waals surface area contributed by atoms with Gasteiger partial charge in [0, 0.05) is 31.6 Å². The van der Waals surface area contributed by atoms with Gasteiger partial charge in [0.2, 0.25) is 21.8 Å². The molecule has 0 atom stereocenters. The average molecular weight is 361 g/mol. The van der Waals surface area contributed by atoms with Gasteiger partial charge in [0.1, 0.15) is 0 Å². The summed E-state index contributed by atoms with van der Waals surface area (Å²) in [4.78, 5) is 4.47. The lowest BCUT2D eigenvalue weighted by Crippen LogP contribution is -2.38. The molecule has 8 nitrogen and oxygen atoms in total. The van der Waals surface area contributed by atoms with E-state index in [2.05, 4.69) is 19.7 Å². The first-order chi connectivity index (χ1) is 11.9. The molecule has 0 N–H and O–H groups in total. The third-order valence-corrected chi connectivity index (χ3v) is 5.94. The highest BCUT2D eigenvalue weighted by molar-refractivity contribution is 7.88. The molecule has 0 spiro atoms. The lowest BCUT2D eigenvalue weighted by atomic mass is 10.1. The van der Waals surface area contributed by atoms with Crippen LogP contribution in [0.4, 0.5) is 0 Å². The molecule has 0 aliphatic carbocycles. The Bertz CT molecular complexity index is 1020. The number of piperidine rings is 1. The van der Waals surface area contributed by atoms with Gasteiger partial charge in [0.25, 0.3) is 0 Å². The van der Waals surface area contributed by atoms with Crippen molar-refractivity contribution in [3.8, 4) is 11.5 Å². The zero-order chi connectivity index (χ0) is 17.6. The number of aromatic nitrogens is 4. The molecule has 1 aliphatic heterocycles. The fraction of sp³-hybridized carbons (Fsp3) is 0.438. The molecule has 0 amide bonds.